The van der Waals surface area contributed by atoms with Crippen molar-refractivity contribution in [1.29, 1.82) is 0 Å². The Bertz CT molecular complexity index is 1000. The van der Waals surface area contributed by atoms with Gasteiger partial charge in [0.2, 0.25) is 0 Å². The molecule has 3 aliphatic rings. The molecule has 0 aliphatic carbocycles. The average Bonchev–Trinajstić information content (AvgIpc) is 2.88. The molecule has 6 unspecified atom stereocenters. The number of aliphatic hydroxyl groups excluding tert-OH is 3. The summed E-state index contributed by atoms with van der Waals surface area (Å²) in [5.74, 6) is 0.0908. The van der Waals surface area contributed by atoms with Crippen molar-refractivity contribution in [2.45, 2.75) is 95.7 Å². The third kappa shape index (κ3) is 10.0. The van der Waals surface area contributed by atoms with E-state index in [1.165, 1.54) is 24.8 Å². The van der Waals surface area contributed by atoms with Crippen molar-refractivity contribution in [3.05, 3.63) is 71.5 Å². The van der Waals surface area contributed by atoms with Crippen LogP contribution < -0.4 is 0 Å². The highest BCUT2D eigenvalue weighted by Crippen LogP contribution is 2.30. The van der Waals surface area contributed by atoms with E-state index >= 15 is 0 Å². The van der Waals surface area contributed by atoms with Gasteiger partial charge in [-0.15, -0.1) is 0 Å². The first-order chi connectivity index (χ1) is 18.6. The summed E-state index contributed by atoms with van der Waals surface area (Å²) in [5.41, 5.74) is 2.00. The zero-order valence-electron chi connectivity index (χ0n) is 23.4. The second kappa shape index (κ2) is 15.1. The zero-order chi connectivity index (χ0) is 28.4. The van der Waals surface area contributed by atoms with Gasteiger partial charge in [-0.05, 0) is 51.0 Å². The lowest BCUT2D eigenvalue weighted by atomic mass is 9.90. The summed E-state index contributed by atoms with van der Waals surface area (Å²) in [6, 6.07) is 0. The van der Waals surface area contributed by atoms with Crippen LogP contribution in [0.25, 0.3) is 0 Å². The second-order valence-electron chi connectivity index (χ2n) is 10.8. The highest BCUT2D eigenvalue weighted by Gasteiger charge is 2.28. The molecule has 0 aromatic heterocycles. The van der Waals surface area contributed by atoms with Crippen LogP contribution in [0.15, 0.2) is 71.5 Å². The highest BCUT2D eigenvalue weighted by molar-refractivity contribution is 5.82. The van der Waals surface area contributed by atoms with Crippen molar-refractivity contribution in [2.75, 3.05) is 13.7 Å². The summed E-state index contributed by atoms with van der Waals surface area (Å²) in [6.45, 7) is 8.74. The molecule has 3 rings (SSSR count). The number of carbonyl (C=O) groups excluding carboxylic acids is 1. The third-order valence-electron chi connectivity index (χ3n) is 7.24. The van der Waals surface area contributed by atoms with E-state index in [-0.39, 0.29) is 42.5 Å². The molecule has 0 aromatic rings. The Balaban J connectivity index is 1.85. The molecular formula is C31H44O8. The van der Waals surface area contributed by atoms with Gasteiger partial charge < -0.3 is 34.3 Å². The van der Waals surface area contributed by atoms with E-state index in [9.17, 15) is 20.1 Å². The van der Waals surface area contributed by atoms with Gasteiger partial charge in [0.15, 0.2) is 5.76 Å². The molecule has 3 N–H and O–H groups in total. The first-order valence-electron chi connectivity index (χ1n) is 13.8. The highest BCUT2D eigenvalue weighted by atomic mass is 16.6. The lowest BCUT2D eigenvalue weighted by Crippen LogP contribution is -2.31. The van der Waals surface area contributed by atoms with Crippen LogP contribution in [-0.4, -0.2) is 65.5 Å². The summed E-state index contributed by atoms with van der Waals surface area (Å²) < 4.78 is 22.8. The minimum absolute atomic E-state index is 0.0245. The van der Waals surface area contributed by atoms with Crippen molar-refractivity contribution in [2.24, 2.45) is 5.92 Å². The minimum atomic E-state index is -1.24. The van der Waals surface area contributed by atoms with Crippen LogP contribution in [-0.2, 0) is 23.7 Å². The lowest BCUT2D eigenvalue weighted by molar-refractivity contribution is -0.147. The first-order valence-corrected chi connectivity index (χ1v) is 13.8. The fourth-order valence-electron chi connectivity index (χ4n) is 5.18. The predicted molar refractivity (Wildman–Crippen MR) is 149 cm³/mol. The first kappa shape index (κ1) is 30.7. The Morgan fingerprint density at radius 1 is 1.21 bits per heavy atom. The van der Waals surface area contributed by atoms with Gasteiger partial charge in [-0.3, -0.25) is 0 Å². The summed E-state index contributed by atoms with van der Waals surface area (Å²) in [6.07, 6.45) is 11.3. The maximum absolute atomic E-state index is 12.7. The number of allylic oxidation sites excluding steroid dienone is 3. The smallest absolute Gasteiger partial charge is 0.331 e. The summed E-state index contributed by atoms with van der Waals surface area (Å²) in [4.78, 5) is 12.7. The molecule has 8 heteroatoms. The molecule has 0 spiro atoms. The fraction of sp³-hybridized carbons (Fsp3) is 0.581. The second-order valence-corrected chi connectivity index (χ2v) is 10.8. The van der Waals surface area contributed by atoms with E-state index in [4.69, 9.17) is 18.9 Å². The largest absolute Gasteiger partial charge is 0.506 e. The SMILES string of the molecule is C=C1CC(C)CC2CCCC(=CC=CC(=O)OC(C(O)C=CC3CC(C)=CCO3)CC(OC)=C(O)C(O)C1)O2. The maximum atomic E-state index is 12.7. The molecular weight excluding hydrogens is 500 g/mol. The number of hydrogen-bond donors (Lipinski definition) is 3. The third-order valence-corrected chi connectivity index (χ3v) is 7.24. The molecule has 8 nitrogen and oxygen atoms in total. The molecule has 1 fully saturated rings. The van der Waals surface area contributed by atoms with Crippen LogP contribution in [0.2, 0.25) is 0 Å². The molecule has 3 aliphatic heterocycles. The monoisotopic (exact) mass is 544 g/mol. The number of rotatable bonds is 4. The van der Waals surface area contributed by atoms with Gasteiger partial charge in [-0.2, -0.15) is 0 Å². The molecule has 1 saturated heterocycles. The predicted octanol–water partition coefficient (Wildman–Crippen LogP) is 5.10. The quantitative estimate of drug-likeness (QED) is 0.331. The Morgan fingerprint density at radius 3 is 2.74 bits per heavy atom. The van der Waals surface area contributed by atoms with Crippen molar-refractivity contribution < 1.29 is 39.1 Å². The van der Waals surface area contributed by atoms with Crippen LogP contribution >= 0.6 is 0 Å². The van der Waals surface area contributed by atoms with Crippen LogP contribution in [0.4, 0.5) is 0 Å². The molecule has 216 valence electrons. The normalized spacial score (nSPS) is 30.9. The maximum Gasteiger partial charge on any atom is 0.331 e. The van der Waals surface area contributed by atoms with Gasteiger partial charge in [0.05, 0.1) is 31.7 Å². The van der Waals surface area contributed by atoms with Gasteiger partial charge >= 0.3 is 5.97 Å². The standard InChI is InChI=1S/C31H44O8/c1-20-13-14-37-24(16-20)11-12-26(32)28-19-29(36-4)31(35)27(33)18-22(3)15-21(2)17-25-9-5-7-23(38-25)8-6-10-30(34)39-28/h6,8,10-13,21,24-28,32-33,35H,3,5,7,9,14-19H2,1-2,4H3. The number of carbonyl (C=O) groups is 1. The summed E-state index contributed by atoms with van der Waals surface area (Å²) in [7, 11) is 1.36. The number of ether oxygens (including phenoxy) is 4. The van der Waals surface area contributed by atoms with Crippen molar-refractivity contribution in [1.82, 2.24) is 0 Å². The number of methoxy groups -OCH3 is 1. The Labute approximate surface area is 232 Å². The van der Waals surface area contributed by atoms with E-state index in [2.05, 4.69) is 13.5 Å². The minimum Gasteiger partial charge on any atom is -0.506 e. The van der Waals surface area contributed by atoms with E-state index in [0.29, 0.717) is 19.4 Å². The number of cyclic esters (lactones) is 1. The molecule has 3 heterocycles. The Morgan fingerprint density at radius 2 is 2.00 bits per heavy atom. The van der Waals surface area contributed by atoms with Gasteiger partial charge in [-0.1, -0.05) is 49.0 Å². The Kier molecular flexibility index (Phi) is 11.9. The molecule has 0 radical (unpaired) electrons. The van der Waals surface area contributed by atoms with Crippen LogP contribution in [0, 0.1) is 5.92 Å². The van der Waals surface area contributed by atoms with Crippen molar-refractivity contribution in [3.63, 3.8) is 0 Å². The molecule has 6 atom stereocenters. The molecule has 0 aromatic carbocycles. The zero-order valence-corrected chi connectivity index (χ0v) is 23.4. The molecule has 0 amide bonds. The molecule has 2 bridgehead atoms. The van der Waals surface area contributed by atoms with Gasteiger partial charge in [-0.25, -0.2) is 4.79 Å². The summed E-state index contributed by atoms with van der Waals surface area (Å²) >= 11 is 0. The molecule has 39 heavy (non-hydrogen) atoms. The van der Waals surface area contributed by atoms with E-state index in [1.54, 1.807) is 18.2 Å². The topological polar surface area (TPSA) is 115 Å². The fourth-order valence-corrected chi connectivity index (χ4v) is 5.18. The van der Waals surface area contributed by atoms with E-state index in [1.807, 2.05) is 13.0 Å². The van der Waals surface area contributed by atoms with Crippen LogP contribution in [0.3, 0.4) is 0 Å². The Hall–Kier alpha value is -2.81. The summed E-state index contributed by atoms with van der Waals surface area (Å²) in [5, 5.41) is 32.5. The average molecular weight is 545 g/mol. The van der Waals surface area contributed by atoms with Gasteiger partial charge in [0, 0.05) is 25.3 Å². The number of hydrogen-bond acceptors (Lipinski definition) is 8. The van der Waals surface area contributed by atoms with Crippen LogP contribution in [0.5, 0.6) is 0 Å². The molecule has 0 saturated carbocycles. The van der Waals surface area contributed by atoms with Crippen molar-refractivity contribution >= 4 is 5.97 Å². The van der Waals surface area contributed by atoms with Gasteiger partial charge in [0.25, 0.3) is 0 Å². The number of aliphatic hydroxyl groups is 3. The lowest BCUT2D eigenvalue weighted by Gasteiger charge is -2.28. The van der Waals surface area contributed by atoms with Crippen molar-refractivity contribution in [3.8, 4) is 0 Å². The van der Waals surface area contributed by atoms with Gasteiger partial charge in [0.1, 0.15) is 24.1 Å². The van der Waals surface area contributed by atoms with Crippen LogP contribution in [0.1, 0.15) is 65.2 Å². The van der Waals surface area contributed by atoms with E-state index < -0.39 is 24.3 Å². The number of fused-ring (bicyclic) bond motifs is 2. The number of esters is 1. The van der Waals surface area contributed by atoms with E-state index in [0.717, 1.165) is 37.0 Å².